The summed E-state index contributed by atoms with van der Waals surface area (Å²) in [5.41, 5.74) is 6.86. The van der Waals surface area contributed by atoms with Crippen molar-refractivity contribution in [3.05, 3.63) is 60.1 Å². The Morgan fingerprint density at radius 1 is 1.15 bits per heavy atom. The maximum atomic E-state index is 12.2. The van der Waals surface area contributed by atoms with Crippen LogP contribution in [0.5, 0.6) is 0 Å². The summed E-state index contributed by atoms with van der Waals surface area (Å²) in [6, 6.07) is 12.5. The quantitative estimate of drug-likeness (QED) is 0.878. The van der Waals surface area contributed by atoms with E-state index in [0.717, 1.165) is 5.56 Å². The lowest BCUT2D eigenvalue weighted by molar-refractivity contribution is -0.123. The average molecular weight is 272 g/mol. The minimum atomic E-state index is -0.531. The van der Waals surface area contributed by atoms with E-state index in [2.05, 4.69) is 5.32 Å². The fourth-order valence-corrected chi connectivity index (χ4v) is 1.96. The number of rotatable bonds is 5. The Morgan fingerprint density at radius 3 is 2.40 bits per heavy atom. The molecule has 0 aliphatic carbocycles. The number of carbonyl (C=O) groups excluding carboxylic acids is 1. The summed E-state index contributed by atoms with van der Waals surface area (Å²) in [6.07, 6.45) is 1.60. The second kappa shape index (κ2) is 6.39. The Kier molecular flexibility index (Phi) is 4.58. The van der Waals surface area contributed by atoms with Crippen molar-refractivity contribution in [1.82, 2.24) is 5.32 Å². The van der Waals surface area contributed by atoms with E-state index in [1.807, 2.05) is 50.2 Å². The van der Waals surface area contributed by atoms with Gasteiger partial charge in [-0.2, -0.15) is 0 Å². The summed E-state index contributed by atoms with van der Waals surface area (Å²) in [4.78, 5) is 12.2. The zero-order valence-corrected chi connectivity index (χ0v) is 11.7. The van der Waals surface area contributed by atoms with Crippen LogP contribution in [0, 0.1) is 5.92 Å². The van der Waals surface area contributed by atoms with E-state index in [-0.39, 0.29) is 17.9 Å². The van der Waals surface area contributed by atoms with Crippen molar-refractivity contribution in [1.29, 1.82) is 0 Å². The number of amides is 1. The van der Waals surface area contributed by atoms with Crippen LogP contribution in [0.15, 0.2) is 53.1 Å². The van der Waals surface area contributed by atoms with Gasteiger partial charge in [0.25, 0.3) is 0 Å². The highest BCUT2D eigenvalue weighted by molar-refractivity contribution is 5.82. The molecule has 0 radical (unpaired) electrons. The first kappa shape index (κ1) is 14.3. The van der Waals surface area contributed by atoms with Gasteiger partial charge in [0.1, 0.15) is 11.8 Å². The molecule has 0 spiro atoms. The fraction of sp³-hybridized carbons (Fsp3) is 0.312. The number of hydrogen-bond donors (Lipinski definition) is 2. The monoisotopic (exact) mass is 272 g/mol. The molecule has 2 rings (SSSR count). The molecule has 3 N–H and O–H groups in total. The van der Waals surface area contributed by atoms with Crippen LogP contribution in [-0.4, -0.2) is 11.9 Å². The number of carbonyl (C=O) groups is 1. The zero-order valence-electron chi connectivity index (χ0n) is 11.7. The number of nitrogens with two attached hydrogens (primary N) is 1. The van der Waals surface area contributed by atoms with Gasteiger partial charge in [0.05, 0.1) is 12.3 Å². The molecule has 1 heterocycles. The van der Waals surface area contributed by atoms with Crippen LogP contribution >= 0.6 is 0 Å². The van der Waals surface area contributed by atoms with Gasteiger partial charge < -0.3 is 15.5 Å². The minimum absolute atomic E-state index is 0.0861. The van der Waals surface area contributed by atoms with Crippen molar-refractivity contribution < 1.29 is 9.21 Å². The molecule has 1 aromatic heterocycles. The van der Waals surface area contributed by atoms with Crippen molar-refractivity contribution >= 4 is 5.91 Å². The normalized spacial score (nSPS) is 14.0. The Balaban J connectivity index is 2.23. The predicted molar refractivity (Wildman–Crippen MR) is 77.9 cm³/mol. The Labute approximate surface area is 119 Å². The second-order valence-corrected chi connectivity index (χ2v) is 5.14. The molecule has 1 amide bonds. The summed E-state index contributed by atoms with van der Waals surface area (Å²) in [7, 11) is 0. The summed E-state index contributed by atoms with van der Waals surface area (Å²) < 4.78 is 5.44. The smallest absolute Gasteiger partial charge is 0.238 e. The number of furan rings is 1. The van der Waals surface area contributed by atoms with E-state index in [1.54, 1.807) is 12.3 Å². The van der Waals surface area contributed by atoms with Gasteiger partial charge in [-0.1, -0.05) is 44.2 Å². The molecule has 2 atom stereocenters. The van der Waals surface area contributed by atoms with Gasteiger partial charge in [-0.05, 0) is 23.6 Å². The highest BCUT2D eigenvalue weighted by Gasteiger charge is 2.24. The van der Waals surface area contributed by atoms with Gasteiger partial charge in [-0.15, -0.1) is 0 Å². The Morgan fingerprint density at radius 2 is 1.85 bits per heavy atom. The molecule has 4 nitrogen and oxygen atoms in total. The highest BCUT2D eigenvalue weighted by Crippen LogP contribution is 2.22. The molecule has 0 saturated carbocycles. The lowest BCUT2D eigenvalue weighted by Gasteiger charge is -2.21. The van der Waals surface area contributed by atoms with E-state index in [4.69, 9.17) is 10.2 Å². The van der Waals surface area contributed by atoms with Gasteiger partial charge in [0.2, 0.25) is 5.91 Å². The van der Waals surface area contributed by atoms with Crippen LogP contribution in [0.2, 0.25) is 0 Å². The molecular formula is C16H20N2O2. The Bertz CT molecular complexity index is 535. The topological polar surface area (TPSA) is 68.3 Å². The van der Waals surface area contributed by atoms with E-state index in [0.29, 0.717) is 5.76 Å². The lowest BCUT2D eigenvalue weighted by Crippen LogP contribution is -2.45. The summed E-state index contributed by atoms with van der Waals surface area (Å²) in [6.45, 7) is 3.85. The van der Waals surface area contributed by atoms with Crippen LogP contribution in [-0.2, 0) is 4.79 Å². The van der Waals surface area contributed by atoms with Crippen LogP contribution in [0.1, 0.15) is 31.2 Å². The molecule has 0 fully saturated rings. The highest BCUT2D eigenvalue weighted by atomic mass is 16.3. The van der Waals surface area contributed by atoms with E-state index < -0.39 is 6.04 Å². The standard InChI is InChI=1S/C16H20N2O2/c1-11(2)14(17)16(19)18-15(13-9-6-10-20-13)12-7-4-3-5-8-12/h3-11,14-15H,17H2,1-2H3,(H,18,19)/t14-,15?/m1/s1. The maximum absolute atomic E-state index is 12.2. The summed E-state index contributed by atoms with van der Waals surface area (Å²) in [5.74, 6) is 0.605. The minimum Gasteiger partial charge on any atom is -0.467 e. The number of benzene rings is 1. The molecule has 1 unspecified atom stereocenters. The van der Waals surface area contributed by atoms with Crippen molar-refractivity contribution in [2.45, 2.75) is 25.9 Å². The third kappa shape index (κ3) is 3.27. The van der Waals surface area contributed by atoms with Crippen molar-refractivity contribution in [3.8, 4) is 0 Å². The molecule has 2 aromatic rings. The first-order valence-electron chi connectivity index (χ1n) is 6.74. The van der Waals surface area contributed by atoms with E-state index in [9.17, 15) is 4.79 Å². The summed E-state index contributed by atoms with van der Waals surface area (Å²) in [5, 5.41) is 2.96. The molecule has 20 heavy (non-hydrogen) atoms. The van der Waals surface area contributed by atoms with Crippen LogP contribution in [0.3, 0.4) is 0 Å². The van der Waals surface area contributed by atoms with Gasteiger partial charge in [-0.25, -0.2) is 0 Å². The number of nitrogens with one attached hydrogen (secondary N) is 1. The second-order valence-electron chi connectivity index (χ2n) is 5.14. The molecule has 106 valence electrons. The lowest BCUT2D eigenvalue weighted by atomic mass is 10.0. The van der Waals surface area contributed by atoms with Crippen molar-refractivity contribution in [2.24, 2.45) is 11.7 Å². The molecule has 1 aromatic carbocycles. The molecule has 0 aliphatic rings. The first-order chi connectivity index (χ1) is 9.59. The van der Waals surface area contributed by atoms with Gasteiger partial charge >= 0.3 is 0 Å². The first-order valence-corrected chi connectivity index (χ1v) is 6.74. The van der Waals surface area contributed by atoms with Crippen molar-refractivity contribution in [3.63, 3.8) is 0 Å². The molecule has 0 saturated heterocycles. The third-order valence-corrected chi connectivity index (χ3v) is 3.27. The average Bonchev–Trinajstić information content (AvgIpc) is 2.98. The predicted octanol–water partition coefficient (Wildman–Crippen LogP) is 2.47. The van der Waals surface area contributed by atoms with E-state index in [1.165, 1.54) is 0 Å². The van der Waals surface area contributed by atoms with Crippen LogP contribution in [0.4, 0.5) is 0 Å². The van der Waals surface area contributed by atoms with Crippen LogP contribution in [0.25, 0.3) is 0 Å². The van der Waals surface area contributed by atoms with E-state index >= 15 is 0 Å². The fourth-order valence-electron chi connectivity index (χ4n) is 1.96. The third-order valence-electron chi connectivity index (χ3n) is 3.27. The van der Waals surface area contributed by atoms with Gasteiger partial charge in [0.15, 0.2) is 0 Å². The molecule has 0 bridgehead atoms. The molecular weight excluding hydrogens is 252 g/mol. The van der Waals surface area contributed by atoms with Crippen LogP contribution < -0.4 is 11.1 Å². The SMILES string of the molecule is CC(C)[C@@H](N)C(=O)NC(c1ccccc1)c1ccco1. The zero-order chi connectivity index (χ0) is 14.5. The summed E-state index contributed by atoms with van der Waals surface area (Å²) >= 11 is 0. The maximum Gasteiger partial charge on any atom is 0.238 e. The van der Waals surface area contributed by atoms with Gasteiger partial charge in [-0.3, -0.25) is 4.79 Å². The Hall–Kier alpha value is -2.07. The number of hydrogen-bond acceptors (Lipinski definition) is 3. The van der Waals surface area contributed by atoms with Crippen molar-refractivity contribution in [2.75, 3.05) is 0 Å². The molecule has 0 aliphatic heterocycles. The van der Waals surface area contributed by atoms with Gasteiger partial charge in [0, 0.05) is 0 Å². The molecule has 4 heteroatoms. The largest absolute Gasteiger partial charge is 0.467 e.